The second kappa shape index (κ2) is 8.28. The molecule has 0 spiro atoms. The van der Waals surface area contributed by atoms with Crippen LogP contribution >= 0.6 is 0 Å². The highest BCUT2D eigenvalue weighted by Gasteiger charge is 2.34. The van der Waals surface area contributed by atoms with Crippen LogP contribution in [0.15, 0.2) is 53.4 Å². The van der Waals surface area contributed by atoms with Crippen LogP contribution in [0, 0.1) is 12.8 Å². The van der Waals surface area contributed by atoms with Gasteiger partial charge in [-0.25, -0.2) is 8.42 Å². The third-order valence-corrected chi connectivity index (χ3v) is 7.98. The molecule has 6 heteroatoms. The molecule has 0 bridgehead atoms. The maximum atomic E-state index is 13.0. The zero-order valence-corrected chi connectivity index (χ0v) is 17.6. The molecule has 2 atom stereocenters. The summed E-state index contributed by atoms with van der Waals surface area (Å²) in [7, 11) is -3.57. The highest BCUT2D eigenvalue weighted by Crippen LogP contribution is 2.31. The quantitative estimate of drug-likeness (QED) is 0.835. The fraction of sp³-hybridized carbons (Fsp3) is 0.435. The number of rotatable bonds is 4. The molecule has 5 nitrogen and oxygen atoms in total. The molecule has 4 rings (SSSR count). The topological polar surface area (TPSA) is 66.5 Å². The van der Waals surface area contributed by atoms with Crippen molar-refractivity contribution in [1.29, 1.82) is 0 Å². The van der Waals surface area contributed by atoms with Crippen LogP contribution in [-0.4, -0.2) is 31.7 Å². The van der Waals surface area contributed by atoms with Gasteiger partial charge in [0, 0.05) is 13.1 Å². The van der Waals surface area contributed by atoms with Crippen LogP contribution in [0.3, 0.4) is 0 Å². The molecular formula is C23H28N2O3S. The van der Waals surface area contributed by atoms with Crippen LogP contribution in [0.5, 0.6) is 0 Å². The Hall–Kier alpha value is -2.18. The van der Waals surface area contributed by atoms with Crippen molar-refractivity contribution in [2.75, 3.05) is 13.1 Å². The Morgan fingerprint density at radius 1 is 1.03 bits per heavy atom. The number of hydrogen-bond donors (Lipinski definition) is 1. The van der Waals surface area contributed by atoms with Gasteiger partial charge in [0.1, 0.15) is 0 Å². The Labute approximate surface area is 173 Å². The molecule has 2 aliphatic rings. The molecule has 0 saturated carbocycles. The Balaban J connectivity index is 1.46. The summed E-state index contributed by atoms with van der Waals surface area (Å²) in [6, 6.07) is 15.2. The first kappa shape index (κ1) is 20.1. The highest BCUT2D eigenvalue weighted by atomic mass is 32.2. The number of hydrogen-bond acceptors (Lipinski definition) is 3. The Morgan fingerprint density at radius 3 is 2.59 bits per heavy atom. The number of piperidine rings is 1. The fourth-order valence-corrected chi connectivity index (χ4v) is 5.95. The minimum absolute atomic E-state index is 0.0246. The van der Waals surface area contributed by atoms with Crippen molar-refractivity contribution in [2.24, 2.45) is 5.92 Å². The van der Waals surface area contributed by atoms with Crippen molar-refractivity contribution in [3.05, 3.63) is 65.2 Å². The van der Waals surface area contributed by atoms with E-state index >= 15 is 0 Å². The summed E-state index contributed by atoms with van der Waals surface area (Å²) < 4.78 is 27.5. The van der Waals surface area contributed by atoms with Gasteiger partial charge < -0.3 is 5.32 Å². The molecular weight excluding hydrogens is 384 g/mol. The van der Waals surface area contributed by atoms with E-state index in [1.807, 2.05) is 31.2 Å². The predicted octanol–water partition coefficient (Wildman–Crippen LogP) is 3.59. The van der Waals surface area contributed by atoms with Crippen molar-refractivity contribution in [3.8, 4) is 0 Å². The number of nitrogens with one attached hydrogen (secondary N) is 1. The molecule has 1 heterocycles. The van der Waals surface area contributed by atoms with E-state index < -0.39 is 10.0 Å². The Morgan fingerprint density at radius 2 is 1.79 bits per heavy atom. The standard InChI is InChI=1S/C23H28N2O3S/c1-17-11-13-20(14-12-17)29(27,28)25-15-5-8-19(16-25)23(26)24-22-10-4-7-18-6-2-3-9-21(18)22/h2-3,6,9,11-14,19,22H,4-5,7-8,10,15-16H2,1H3,(H,24,26)/t19-,22-/m0/s1. The van der Waals surface area contributed by atoms with Crippen molar-refractivity contribution in [3.63, 3.8) is 0 Å². The van der Waals surface area contributed by atoms with Gasteiger partial charge in [-0.1, -0.05) is 42.0 Å². The lowest BCUT2D eigenvalue weighted by molar-refractivity contribution is -0.127. The predicted molar refractivity (Wildman–Crippen MR) is 113 cm³/mol. The number of sulfonamides is 1. The van der Waals surface area contributed by atoms with Crippen LogP contribution in [0.25, 0.3) is 0 Å². The number of fused-ring (bicyclic) bond motifs is 1. The van der Waals surface area contributed by atoms with E-state index in [2.05, 4.69) is 17.4 Å². The zero-order chi connectivity index (χ0) is 20.4. The van der Waals surface area contributed by atoms with Gasteiger partial charge in [-0.3, -0.25) is 4.79 Å². The molecule has 1 amide bonds. The van der Waals surface area contributed by atoms with E-state index in [4.69, 9.17) is 0 Å². The molecule has 29 heavy (non-hydrogen) atoms. The molecule has 0 aromatic heterocycles. The van der Waals surface area contributed by atoms with Crippen LogP contribution in [0.4, 0.5) is 0 Å². The second-order valence-corrected chi connectivity index (χ2v) is 10.1. The van der Waals surface area contributed by atoms with E-state index in [0.29, 0.717) is 17.9 Å². The van der Waals surface area contributed by atoms with E-state index in [9.17, 15) is 13.2 Å². The lowest BCUT2D eigenvalue weighted by Crippen LogP contribution is -2.46. The Bertz CT molecular complexity index is 985. The largest absolute Gasteiger partial charge is 0.349 e. The number of carbonyl (C=O) groups is 1. The minimum atomic E-state index is -3.57. The summed E-state index contributed by atoms with van der Waals surface area (Å²) in [6.45, 7) is 2.64. The summed E-state index contributed by atoms with van der Waals surface area (Å²) >= 11 is 0. The van der Waals surface area contributed by atoms with Gasteiger partial charge in [0.2, 0.25) is 15.9 Å². The maximum Gasteiger partial charge on any atom is 0.243 e. The van der Waals surface area contributed by atoms with Gasteiger partial charge in [0.25, 0.3) is 0 Å². The number of amides is 1. The van der Waals surface area contributed by atoms with E-state index in [1.54, 1.807) is 12.1 Å². The first-order chi connectivity index (χ1) is 13.9. The average Bonchev–Trinajstić information content (AvgIpc) is 2.74. The van der Waals surface area contributed by atoms with Crippen molar-refractivity contribution in [1.82, 2.24) is 9.62 Å². The third kappa shape index (κ3) is 4.23. The van der Waals surface area contributed by atoms with Gasteiger partial charge in [-0.05, 0) is 62.3 Å². The van der Waals surface area contributed by atoms with Gasteiger partial charge in [-0.15, -0.1) is 0 Å². The van der Waals surface area contributed by atoms with E-state index in [1.165, 1.54) is 15.4 Å². The molecule has 1 N–H and O–H groups in total. The van der Waals surface area contributed by atoms with Gasteiger partial charge in [0.15, 0.2) is 0 Å². The molecule has 1 aliphatic carbocycles. The van der Waals surface area contributed by atoms with Crippen molar-refractivity contribution < 1.29 is 13.2 Å². The SMILES string of the molecule is Cc1ccc(S(=O)(=O)N2CCC[C@H](C(=O)N[C@H]3CCCc4ccccc43)C2)cc1. The van der Waals surface area contributed by atoms with Gasteiger partial charge in [0.05, 0.1) is 16.9 Å². The van der Waals surface area contributed by atoms with Crippen LogP contribution in [0.2, 0.25) is 0 Å². The summed E-state index contributed by atoms with van der Waals surface area (Å²) in [5.74, 6) is -0.339. The van der Waals surface area contributed by atoms with E-state index in [-0.39, 0.29) is 24.4 Å². The number of aryl methyl sites for hydroxylation is 2. The van der Waals surface area contributed by atoms with Gasteiger partial charge in [-0.2, -0.15) is 4.31 Å². The van der Waals surface area contributed by atoms with Crippen LogP contribution in [-0.2, 0) is 21.2 Å². The number of carbonyl (C=O) groups excluding carboxylic acids is 1. The molecule has 0 radical (unpaired) electrons. The monoisotopic (exact) mass is 412 g/mol. The molecule has 1 aliphatic heterocycles. The molecule has 2 aromatic rings. The smallest absolute Gasteiger partial charge is 0.243 e. The fourth-order valence-electron chi connectivity index (χ4n) is 4.43. The summed E-state index contributed by atoms with van der Waals surface area (Å²) in [4.78, 5) is 13.3. The van der Waals surface area contributed by atoms with Crippen molar-refractivity contribution >= 4 is 15.9 Å². The normalized spacial score (nSPS) is 22.7. The van der Waals surface area contributed by atoms with Gasteiger partial charge >= 0.3 is 0 Å². The zero-order valence-electron chi connectivity index (χ0n) is 16.8. The summed E-state index contributed by atoms with van der Waals surface area (Å²) in [5, 5.41) is 3.20. The number of nitrogens with zero attached hydrogens (tertiary/aromatic N) is 1. The highest BCUT2D eigenvalue weighted by molar-refractivity contribution is 7.89. The maximum absolute atomic E-state index is 13.0. The molecule has 0 unspecified atom stereocenters. The van der Waals surface area contributed by atoms with Crippen LogP contribution in [0.1, 0.15) is 48.4 Å². The lowest BCUT2D eigenvalue weighted by Gasteiger charge is -2.33. The number of benzene rings is 2. The third-order valence-electron chi connectivity index (χ3n) is 6.10. The molecule has 2 aromatic carbocycles. The molecule has 1 saturated heterocycles. The first-order valence-electron chi connectivity index (χ1n) is 10.4. The second-order valence-electron chi connectivity index (χ2n) is 8.17. The molecule has 154 valence electrons. The molecule has 1 fully saturated rings. The van der Waals surface area contributed by atoms with Crippen LogP contribution < -0.4 is 5.32 Å². The summed E-state index contributed by atoms with van der Waals surface area (Å²) in [6.07, 6.45) is 4.46. The Kier molecular flexibility index (Phi) is 5.74. The first-order valence-corrected chi connectivity index (χ1v) is 11.8. The van der Waals surface area contributed by atoms with E-state index in [0.717, 1.165) is 31.2 Å². The summed E-state index contributed by atoms with van der Waals surface area (Å²) in [5.41, 5.74) is 3.52. The average molecular weight is 413 g/mol. The van der Waals surface area contributed by atoms with Crippen molar-refractivity contribution in [2.45, 2.75) is 50.0 Å². The lowest BCUT2D eigenvalue weighted by atomic mass is 9.87. The minimum Gasteiger partial charge on any atom is -0.349 e.